The fraction of sp³-hybridized carbons (Fsp3) is 0.154. The van der Waals surface area contributed by atoms with Crippen molar-refractivity contribution in [2.24, 2.45) is 0 Å². The average Bonchev–Trinajstić information content (AvgIpc) is 2.97. The second kappa shape index (κ2) is 5.30. The van der Waals surface area contributed by atoms with Crippen LogP contribution in [0.4, 0.5) is 5.69 Å². The van der Waals surface area contributed by atoms with Crippen molar-refractivity contribution in [1.29, 1.82) is 0 Å². The molecular formula is C13H12N2O4S. The molecule has 2 rings (SSSR count). The van der Waals surface area contributed by atoms with Gasteiger partial charge in [0.1, 0.15) is 10.6 Å². The van der Waals surface area contributed by atoms with Gasteiger partial charge in [-0.2, -0.15) is 0 Å². The average molecular weight is 292 g/mol. The molecular weight excluding hydrogens is 280 g/mol. The van der Waals surface area contributed by atoms with Crippen LogP contribution in [-0.4, -0.2) is 27.8 Å². The zero-order chi connectivity index (χ0) is 14.9. The van der Waals surface area contributed by atoms with Crippen molar-refractivity contribution in [2.45, 2.75) is 13.8 Å². The molecule has 0 fully saturated rings. The van der Waals surface area contributed by atoms with Gasteiger partial charge in [-0.15, -0.1) is 11.3 Å². The van der Waals surface area contributed by atoms with Gasteiger partial charge in [0.2, 0.25) is 0 Å². The van der Waals surface area contributed by atoms with Crippen molar-refractivity contribution in [3.05, 3.63) is 39.3 Å². The van der Waals surface area contributed by atoms with Crippen LogP contribution >= 0.6 is 11.3 Å². The fourth-order valence-corrected chi connectivity index (χ4v) is 2.51. The molecule has 0 aliphatic carbocycles. The van der Waals surface area contributed by atoms with Gasteiger partial charge in [-0.05, 0) is 30.9 Å². The van der Waals surface area contributed by atoms with Crippen LogP contribution in [-0.2, 0) is 0 Å². The third kappa shape index (κ3) is 2.62. The number of rotatable bonds is 4. The van der Waals surface area contributed by atoms with Gasteiger partial charge in [-0.25, -0.2) is 4.79 Å². The molecule has 0 aromatic carbocycles. The molecule has 0 aliphatic rings. The summed E-state index contributed by atoms with van der Waals surface area (Å²) in [7, 11) is 0. The molecule has 0 spiro atoms. The van der Waals surface area contributed by atoms with E-state index in [0.29, 0.717) is 11.1 Å². The Morgan fingerprint density at radius 1 is 1.35 bits per heavy atom. The maximum atomic E-state index is 12.0. The summed E-state index contributed by atoms with van der Waals surface area (Å²) in [5.41, 5.74) is 1.57. The minimum absolute atomic E-state index is 0.0780. The van der Waals surface area contributed by atoms with Crippen molar-refractivity contribution >= 4 is 34.7 Å². The maximum Gasteiger partial charge on any atom is 0.348 e. The number of thiophene rings is 1. The van der Waals surface area contributed by atoms with E-state index in [4.69, 9.17) is 5.11 Å². The van der Waals surface area contributed by atoms with Gasteiger partial charge in [0.05, 0.1) is 5.69 Å². The molecule has 7 heteroatoms. The van der Waals surface area contributed by atoms with Crippen LogP contribution in [0.1, 0.15) is 43.0 Å². The van der Waals surface area contributed by atoms with Crippen LogP contribution in [0, 0.1) is 6.92 Å². The Labute approximate surface area is 118 Å². The van der Waals surface area contributed by atoms with E-state index in [9.17, 15) is 14.4 Å². The van der Waals surface area contributed by atoms with Crippen molar-refractivity contribution in [1.82, 2.24) is 4.98 Å². The fourth-order valence-electron chi connectivity index (χ4n) is 1.67. The summed E-state index contributed by atoms with van der Waals surface area (Å²) in [6.45, 7) is 3.12. The Morgan fingerprint density at radius 2 is 2.05 bits per heavy atom. The molecule has 0 aliphatic heterocycles. The summed E-state index contributed by atoms with van der Waals surface area (Å²) in [5, 5.41) is 13.3. The second-order valence-electron chi connectivity index (χ2n) is 4.24. The predicted molar refractivity (Wildman–Crippen MR) is 74.8 cm³/mol. The van der Waals surface area contributed by atoms with E-state index in [1.807, 2.05) is 0 Å². The quantitative estimate of drug-likeness (QED) is 0.754. The molecule has 0 radical (unpaired) electrons. The molecule has 0 saturated heterocycles. The number of ketones is 1. The molecule has 3 N–H and O–H groups in total. The topological polar surface area (TPSA) is 99.3 Å². The molecule has 0 unspecified atom stereocenters. The van der Waals surface area contributed by atoms with Gasteiger partial charge in [-0.1, -0.05) is 0 Å². The summed E-state index contributed by atoms with van der Waals surface area (Å²) in [4.78, 5) is 37.0. The zero-order valence-corrected chi connectivity index (χ0v) is 11.6. The van der Waals surface area contributed by atoms with Crippen molar-refractivity contribution < 1.29 is 19.5 Å². The first-order valence-corrected chi connectivity index (χ1v) is 6.60. The molecule has 0 saturated carbocycles. The normalized spacial score (nSPS) is 10.3. The molecule has 0 atom stereocenters. The lowest BCUT2D eigenvalue weighted by Crippen LogP contribution is -2.14. The van der Waals surface area contributed by atoms with Gasteiger partial charge < -0.3 is 15.4 Å². The van der Waals surface area contributed by atoms with Gasteiger partial charge in [0.25, 0.3) is 5.91 Å². The van der Waals surface area contributed by atoms with Crippen LogP contribution in [0.5, 0.6) is 0 Å². The van der Waals surface area contributed by atoms with Crippen molar-refractivity contribution in [2.75, 3.05) is 5.32 Å². The van der Waals surface area contributed by atoms with Gasteiger partial charge in [0.15, 0.2) is 5.78 Å². The molecule has 0 bridgehead atoms. The van der Waals surface area contributed by atoms with Crippen LogP contribution in [0.25, 0.3) is 0 Å². The first kappa shape index (κ1) is 14.0. The number of anilines is 1. The van der Waals surface area contributed by atoms with Crippen LogP contribution in [0.3, 0.4) is 0 Å². The van der Waals surface area contributed by atoms with E-state index >= 15 is 0 Å². The highest BCUT2D eigenvalue weighted by molar-refractivity contribution is 7.12. The first-order chi connectivity index (χ1) is 9.40. The molecule has 2 aromatic heterocycles. The predicted octanol–water partition coefficient (Wildman–Crippen LogP) is 2.54. The number of carboxylic acid groups (broad SMARTS) is 1. The Bertz CT molecular complexity index is 699. The molecule has 1 amide bonds. The Morgan fingerprint density at radius 3 is 2.60 bits per heavy atom. The molecule has 2 heterocycles. The number of nitrogens with one attached hydrogen (secondary N) is 2. The Kier molecular flexibility index (Phi) is 3.71. The highest BCUT2D eigenvalue weighted by Crippen LogP contribution is 2.28. The number of carboxylic acids is 1. The third-order valence-electron chi connectivity index (χ3n) is 2.74. The van der Waals surface area contributed by atoms with E-state index in [1.165, 1.54) is 19.2 Å². The van der Waals surface area contributed by atoms with E-state index < -0.39 is 11.9 Å². The second-order valence-corrected chi connectivity index (χ2v) is 5.12. The highest BCUT2D eigenvalue weighted by Gasteiger charge is 2.19. The number of carbonyl (C=O) groups is 3. The lowest BCUT2D eigenvalue weighted by Gasteiger charge is -2.04. The first-order valence-electron chi connectivity index (χ1n) is 5.72. The van der Waals surface area contributed by atoms with E-state index in [0.717, 1.165) is 11.3 Å². The van der Waals surface area contributed by atoms with E-state index in [-0.39, 0.29) is 22.0 Å². The summed E-state index contributed by atoms with van der Waals surface area (Å²) in [6.07, 6.45) is 1.44. The number of carbonyl (C=O) groups excluding carboxylic acids is 2. The molecule has 104 valence electrons. The van der Waals surface area contributed by atoms with Gasteiger partial charge in [-0.3, -0.25) is 9.59 Å². The lowest BCUT2D eigenvalue weighted by atomic mass is 10.2. The monoisotopic (exact) mass is 292 g/mol. The summed E-state index contributed by atoms with van der Waals surface area (Å²) in [5.74, 6) is -1.73. The minimum Gasteiger partial charge on any atom is -0.477 e. The minimum atomic E-state index is -1.09. The number of aromatic nitrogens is 1. The van der Waals surface area contributed by atoms with Gasteiger partial charge >= 0.3 is 5.97 Å². The Balaban J connectivity index is 2.25. The van der Waals surface area contributed by atoms with Gasteiger partial charge in [0, 0.05) is 11.8 Å². The summed E-state index contributed by atoms with van der Waals surface area (Å²) < 4.78 is 0. The number of aromatic amines is 1. The Hall–Kier alpha value is -2.41. The standard InChI is InChI=1S/C13H12N2O4S/c1-6-5-20-11(13(18)19)10(6)15-12(17)9-3-8(4-14-9)7(2)16/h3-5,14H,1-2H3,(H,15,17)(H,18,19). The maximum absolute atomic E-state index is 12.0. The van der Waals surface area contributed by atoms with Crippen LogP contribution in [0.15, 0.2) is 17.6 Å². The number of H-pyrrole nitrogens is 1. The smallest absolute Gasteiger partial charge is 0.348 e. The number of amides is 1. The number of hydrogen-bond donors (Lipinski definition) is 3. The van der Waals surface area contributed by atoms with Crippen molar-refractivity contribution in [3.8, 4) is 0 Å². The van der Waals surface area contributed by atoms with Crippen LogP contribution < -0.4 is 5.32 Å². The molecule has 20 heavy (non-hydrogen) atoms. The number of hydrogen-bond acceptors (Lipinski definition) is 4. The van der Waals surface area contributed by atoms with E-state index in [1.54, 1.807) is 12.3 Å². The van der Waals surface area contributed by atoms with E-state index in [2.05, 4.69) is 10.3 Å². The number of Topliss-reactive ketones (excluding diaryl/α,β-unsaturated/α-hetero) is 1. The zero-order valence-electron chi connectivity index (χ0n) is 10.8. The summed E-state index contributed by atoms with van der Waals surface area (Å²) in [6, 6.07) is 1.43. The van der Waals surface area contributed by atoms with Crippen LogP contribution in [0.2, 0.25) is 0 Å². The number of aromatic carboxylic acids is 1. The molecule has 2 aromatic rings. The lowest BCUT2D eigenvalue weighted by molar-refractivity contribution is 0.0703. The third-order valence-corrected chi connectivity index (χ3v) is 3.83. The largest absolute Gasteiger partial charge is 0.477 e. The molecule has 6 nitrogen and oxygen atoms in total. The highest BCUT2D eigenvalue weighted by atomic mass is 32.1. The SMILES string of the molecule is CC(=O)c1c[nH]c(C(=O)Nc2c(C)csc2C(=O)O)c1. The summed E-state index contributed by atoms with van der Waals surface area (Å²) >= 11 is 1.05. The number of aryl methyl sites for hydroxylation is 1. The van der Waals surface area contributed by atoms with Crippen molar-refractivity contribution in [3.63, 3.8) is 0 Å².